The van der Waals surface area contributed by atoms with Gasteiger partial charge in [-0.3, -0.25) is 4.57 Å². The second-order valence-corrected chi connectivity index (χ2v) is 5.22. The van der Waals surface area contributed by atoms with Crippen molar-refractivity contribution in [1.82, 2.24) is 14.5 Å². The molecular formula is C12H15FN4O4. The second kappa shape index (κ2) is 4.60. The van der Waals surface area contributed by atoms with Gasteiger partial charge in [-0.15, -0.1) is 0 Å². The first-order valence-electron chi connectivity index (χ1n) is 6.31. The SMILES string of the molecule is C[C@]1(O)C(O)[C@@H](CO)O[C@H]1n1cc(F)c2c(N)ncnc21. The molecule has 0 amide bonds. The van der Waals surface area contributed by atoms with Crippen LogP contribution in [-0.4, -0.2) is 54.3 Å². The zero-order valence-corrected chi connectivity index (χ0v) is 11.1. The van der Waals surface area contributed by atoms with Crippen molar-refractivity contribution in [3.05, 3.63) is 18.3 Å². The van der Waals surface area contributed by atoms with Gasteiger partial charge in [0, 0.05) is 6.20 Å². The first kappa shape index (κ1) is 14.1. The molecule has 4 atom stereocenters. The Labute approximate surface area is 118 Å². The molecule has 2 aromatic heterocycles. The molecule has 2 aromatic rings. The molecule has 1 unspecified atom stereocenters. The third-order valence-corrected chi connectivity index (χ3v) is 3.78. The maximum atomic E-state index is 14.0. The first-order valence-corrected chi connectivity index (χ1v) is 6.31. The summed E-state index contributed by atoms with van der Waals surface area (Å²) in [5.74, 6) is -0.697. The van der Waals surface area contributed by atoms with E-state index in [0.717, 1.165) is 12.5 Å². The molecule has 3 heterocycles. The molecule has 9 heteroatoms. The first-order chi connectivity index (χ1) is 9.87. The highest BCUT2D eigenvalue weighted by Crippen LogP contribution is 2.40. The number of nitrogens with zero attached hydrogens (tertiary/aromatic N) is 3. The molecule has 3 rings (SSSR count). The maximum absolute atomic E-state index is 14.0. The molecule has 0 saturated carbocycles. The van der Waals surface area contributed by atoms with Crippen LogP contribution in [0.15, 0.2) is 12.5 Å². The number of fused-ring (bicyclic) bond motifs is 1. The van der Waals surface area contributed by atoms with Crippen LogP contribution >= 0.6 is 0 Å². The predicted molar refractivity (Wildman–Crippen MR) is 69.5 cm³/mol. The van der Waals surface area contributed by atoms with Crippen molar-refractivity contribution in [2.75, 3.05) is 12.3 Å². The number of halogens is 1. The van der Waals surface area contributed by atoms with Crippen molar-refractivity contribution < 1.29 is 24.4 Å². The lowest BCUT2D eigenvalue weighted by Crippen LogP contribution is -2.44. The molecule has 0 spiro atoms. The average Bonchev–Trinajstić information content (AvgIpc) is 2.87. The number of nitrogens with two attached hydrogens (primary N) is 1. The highest BCUT2D eigenvalue weighted by molar-refractivity contribution is 5.86. The molecule has 114 valence electrons. The number of hydrogen-bond donors (Lipinski definition) is 4. The Morgan fingerprint density at radius 1 is 1.52 bits per heavy atom. The van der Waals surface area contributed by atoms with Gasteiger partial charge in [0.05, 0.1) is 12.0 Å². The van der Waals surface area contributed by atoms with E-state index in [1.54, 1.807) is 0 Å². The van der Waals surface area contributed by atoms with E-state index in [1.807, 2.05) is 0 Å². The zero-order valence-electron chi connectivity index (χ0n) is 11.1. The number of hydrogen-bond acceptors (Lipinski definition) is 7. The summed E-state index contributed by atoms with van der Waals surface area (Å²) in [4.78, 5) is 7.66. The van der Waals surface area contributed by atoms with Crippen molar-refractivity contribution in [3.8, 4) is 0 Å². The van der Waals surface area contributed by atoms with Crippen molar-refractivity contribution in [2.24, 2.45) is 0 Å². The van der Waals surface area contributed by atoms with Crippen LogP contribution in [0.2, 0.25) is 0 Å². The van der Waals surface area contributed by atoms with Crippen molar-refractivity contribution in [1.29, 1.82) is 0 Å². The Morgan fingerprint density at radius 2 is 2.24 bits per heavy atom. The standard InChI is InChI=1S/C12H15FN4O4/c1-12(20)8(19)6(3-18)21-11(12)17-2-5(13)7-9(14)15-4-16-10(7)17/h2,4,6,8,11,18-20H,3H2,1H3,(H2,14,15,16)/t6-,8?,11-,12+/m1/s1. The molecule has 8 nitrogen and oxygen atoms in total. The molecule has 0 radical (unpaired) electrons. The highest BCUT2D eigenvalue weighted by Gasteiger charge is 2.53. The predicted octanol–water partition coefficient (Wildman–Crippen LogP) is -0.846. The summed E-state index contributed by atoms with van der Waals surface area (Å²) in [6, 6.07) is 0. The topological polar surface area (TPSA) is 127 Å². The van der Waals surface area contributed by atoms with Gasteiger partial charge in [-0.25, -0.2) is 14.4 Å². The van der Waals surface area contributed by atoms with Gasteiger partial charge in [-0.1, -0.05) is 0 Å². The van der Waals surface area contributed by atoms with Gasteiger partial charge in [0.15, 0.2) is 17.7 Å². The lowest BCUT2D eigenvalue weighted by Gasteiger charge is -2.27. The van der Waals surface area contributed by atoms with E-state index >= 15 is 0 Å². The molecule has 1 fully saturated rings. The van der Waals surface area contributed by atoms with Crippen LogP contribution in [0.5, 0.6) is 0 Å². The second-order valence-electron chi connectivity index (χ2n) is 5.22. The third kappa shape index (κ3) is 1.89. The van der Waals surface area contributed by atoms with Crippen LogP contribution in [-0.2, 0) is 4.74 Å². The van der Waals surface area contributed by atoms with E-state index in [1.165, 1.54) is 11.5 Å². The molecule has 1 aliphatic rings. The van der Waals surface area contributed by atoms with Gasteiger partial charge >= 0.3 is 0 Å². The Morgan fingerprint density at radius 3 is 2.86 bits per heavy atom. The molecule has 0 aliphatic carbocycles. The number of ether oxygens (including phenoxy) is 1. The van der Waals surface area contributed by atoms with Crippen LogP contribution < -0.4 is 5.73 Å². The molecular weight excluding hydrogens is 283 g/mol. The minimum absolute atomic E-state index is 0.0128. The fraction of sp³-hybridized carbons (Fsp3) is 0.500. The van der Waals surface area contributed by atoms with Crippen LogP contribution in [0.25, 0.3) is 11.0 Å². The minimum Gasteiger partial charge on any atom is -0.394 e. The third-order valence-electron chi connectivity index (χ3n) is 3.78. The number of aliphatic hydroxyl groups is 3. The monoisotopic (exact) mass is 298 g/mol. The number of rotatable bonds is 2. The van der Waals surface area contributed by atoms with Gasteiger partial charge in [0.25, 0.3) is 0 Å². The number of anilines is 1. The summed E-state index contributed by atoms with van der Waals surface area (Å²) in [7, 11) is 0. The van der Waals surface area contributed by atoms with Gasteiger partial charge in [0.1, 0.15) is 30.0 Å². The summed E-state index contributed by atoms with van der Waals surface area (Å²) in [6.45, 7) is 0.860. The van der Waals surface area contributed by atoms with Crippen LogP contribution in [0.4, 0.5) is 10.2 Å². The number of aliphatic hydroxyl groups excluding tert-OH is 2. The fourth-order valence-electron chi connectivity index (χ4n) is 2.63. The Bertz CT molecular complexity index is 689. The summed E-state index contributed by atoms with van der Waals surface area (Å²) in [5, 5.41) is 29.6. The number of aromatic nitrogens is 3. The normalized spacial score (nSPS) is 32.9. The largest absolute Gasteiger partial charge is 0.394 e. The molecule has 1 saturated heterocycles. The van der Waals surface area contributed by atoms with Gasteiger partial charge < -0.3 is 25.8 Å². The summed E-state index contributed by atoms with van der Waals surface area (Å²) in [6.07, 6.45) is -1.19. The Balaban J connectivity index is 2.15. The maximum Gasteiger partial charge on any atom is 0.167 e. The highest BCUT2D eigenvalue weighted by atomic mass is 19.1. The molecule has 0 aromatic carbocycles. The van der Waals surface area contributed by atoms with Gasteiger partial charge in [-0.05, 0) is 6.92 Å². The van der Waals surface area contributed by atoms with Crippen molar-refractivity contribution >= 4 is 16.9 Å². The van der Waals surface area contributed by atoms with Crippen LogP contribution in [0.1, 0.15) is 13.2 Å². The van der Waals surface area contributed by atoms with E-state index in [0.29, 0.717) is 0 Å². The lowest BCUT2D eigenvalue weighted by molar-refractivity contribution is -0.0949. The van der Waals surface area contributed by atoms with E-state index in [9.17, 15) is 19.7 Å². The smallest absolute Gasteiger partial charge is 0.167 e. The summed E-state index contributed by atoms with van der Waals surface area (Å²) < 4.78 is 20.7. The van der Waals surface area contributed by atoms with E-state index in [2.05, 4.69) is 9.97 Å². The quantitative estimate of drug-likeness (QED) is 0.569. The summed E-state index contributed by atoms with van der Waals surface area (Å²) >= 11 is 0. The molecule has 5 N–H and O–H groups in total. The van der Waals surface area contributed by atoms with E-state index in [4.69, 9.17) is 10.5 Å². The molecule has 21 heavy (non-hydrogen) atoms. The zero-order chi connectivity index (χ0) is 15.4. The van der Waals surface area contributed by atoms with E-state index in [-0.39, 0.29) is 16.9 Å². The fourth-order valence-corrected chi connectivity index (χ4v) is 2.63. The average molecular weight is 298 g/mol. The molecule has 0 bridgehead atoms. The van der Waals surface area contributed by atoms with Crippen molar-refractivity contribution in [2.45, 2.75) is 31.0 Å². The summed E-state index contributed by atoms with van der Waals surface area (Å²) in [5.41, 5.74) is 4.02. The van der Waals surface area contributed by atoms with E-state index < -0.39 is 36.5 Å². The number of nitrogen functional groups attached to an aromatic ring is 1. The van der Waals surface area contributed by atoms with Gasteiger partial charge in [0.2, 0.25) is 0 Å². The lowest BCUT2D eigenvalue weighted by atomic mass is 9.96. The Hall–Kier alpha value is -1.81. The van der Waals surface area contributed by atoms with Crippen LogP contribution in [0, 0.1) is 5.82 Å². The van der Waals surface area contributed by atoms with Gasteiger partial charge in [-0.2, -0.15) is 0 Å². The van der Waals surface area contributed by atoms with Crippen molar-refractivity contribution in [3.63, 3.8) is 0 Å². The minimum atomic E-state index is -1.73. The molecule has 1 aliphatic heterocycles. The Kier molecular flexibility index (Phi) is 3.10. The van der Waals surface area contributed by atoms with Crippen LogP contribution in [0.3, 0.4) is 0 Å².